The zero-order valence-corrected chi connectivity index (χ0v) is 13.2. The number of rotatable bonds is 2. The maximum absolute atomic E-state index is 12.4. The molecule has 2 saturated heterocycles. The molecule has 5 nitrogen and oxygen atoms in total. The third kappa shape index (κ3) is 2.46. The van der Waals surface area contributed by atoms with Crippen LogP contribution >= 0.6 is 11.3 Å². The van der Waals surface area contributed by atoms with E-state index in [1.165, 1.54) is 0 Å². The zero-order chi connectivity index (χ0) is 15.1. The molecular formula is C16H18N2O3S. The summed E-state index contributed by atoms with van der Waals surface area (Å²) in [7, 11) is 0. The molecule has 0 unspecified atom stereocenters. The largest absolute Gasteiger partial charge is 0.459 e. The Morgan fingerprint density at radius 1 is 1.50 bits per heavy atom. The monoisotopic (exact) mass is 318 g/mol. The minimum absolute atomic E-state index is 0.0167. The van der Waals surface area contributed by atoms with Gasteiger partial charge in [-0.2, -0.15) is 0 Å². The molecule has 0 spiro atoms. The van der Waals surface area contributed by atoms with Gasteiger partial charge in [0.05, 0.1) is 12.4 Å². The van der Waals surface area contributed by atoms with Crippen LogP contribution in [0.15, 0.2) is 28.2 Å². The summed E-state index contributed by atoms with van der Waals surface area (Å²) < 4.78 is 11.4. The average molecular weight is 318 g/mol. The van der Waals surface area contributed by atoms with Crippen LogP contribution in [0.4, 0.5) is 0 Å². The Balaban J connectivity index is 1.44. The minimum Gasteiger partial charge on any atom is -0.459 e. The van der Waals surface area contributed by atoms with E-state index in [2.05, 4.69) is 10.4 Å². The van der Waals surface area contributed by atoms with Crippen molar-refractivity contribution >= 4 is 17.2 Å². The van der Waals surface area contributed by atoms with Crippen LogP contribution in [0.25, 0.3) is 0 Å². The molecule has 2 aromatic heterocycles. The number of fused-ring (bicyclic) bond motifs is 1. The fourth-order valence-corrected chi connectivity index (χ4v) is 4.22. The number of hydrogen-bond donors (Lipinski definition) is 0. The summed E-state index contributed by atoms with van der Waals surface area (Å²) in [5.74, 6) is 0.795. The fourth-order valence-electron chi connectivity index (χ4n) is 3.38. The molecule has 22 heavy (non-hydrogen) atoms. The number of amides is 1. The molecule has 0 bridgehead atoms. The molecule has 0 aliphatic carbocycles. The standard InChI is InChI=1S/C16H18N2O3S/c1-10-9-22-15(17-10)14-7-11-8-18(5-4-12(11)21-14)16(19)13-3-2-6-20-13/h2-3,6,9,11-12,14H,4-5,7-8H2,1H3/t11-,12-,14+/m0/s1. The summed E-state index contributed by atoms with van der Waals surface area (Å²) in [6.07, 6.45) is 3.71. The number of aromatic nitrogens is 1. The van der Waals surface area contributed by atoms with E-state index >= 15 is 0 Å². The van der Waals surface area contributed by atoms with E-state index in [9.17, 15) is 4.79 Å². The molecule has 116 valence electrons. The van der Waals surface area contributed by atoms with Crippen molar-refractivity contribution in [3.05, 3.63) is 40.2 Å². The lowest BCUT2D eigenvalue weighted by molar-refractivity contribution is 0.00154. The predicted molar refractivity (Wildman–Crippen MR) is 81.8 cm³/mol. The number of carbonyl (C=O) groups is 1. The van der Waals surface area contributed by atoms with Gasteiger partial charge in [0.15, 0.2) is 5.76 Å². The molecule has 4 heterocycles. The maximum Gasteiger partial charge on any atom is 0.289 e. The van der Waals surface area contributed by atoms with E-state index in [0.717, 1.165) is 36.6 Å². The summed E-state index contributed by atoms with van der Waals surface area (Å²) in [4.78, 5) is 18.8. The summed E-state index contributed by atoms with van der Waals surface area (Å²) in [5, 5.41) is 3.13. The predicted octanol–water partition coefficient (Wildman–Crippen LogP) is 3.04. The van der Waals surface area contributed by atoms with Crippen LogP contribution in [-0.4, -0.2) is 35.0 Å². The van der Waals surface area contributed by atoms with E-state index in [1.54, 1.807) is 29.7 Å². The molecule has 0 saturated carbocycles. The maximum atomic E-state index is 12.4. The van der Waals surface area contributed by atoms with Crippen LogP contribution in [0.5, 0.6) is 0 Å². The third-order valence-electron chi connectivity index (χ3n) is 4.45. The number of ether oxygens (including phenoxy) is 1. The zero-order valence-electron chi connectivity index (χ0n) is 12.4. The lowest BCUT2D eigenvalue weighted by Gasteiger charge is -2.33. The lowest BCUT2D eigenvalue weighted by Crippen LogP contribution is -2.44. The van der Waals surface area contributed by atoms with Gasteiger partial charge in [0.2, 0.25) is 0 Å². The first-order chi connectivity index (χ1) is 10.7. The van der Waals surface area contributed by atoms with E-state index in [1.807, 2.05) is 11.8 Å². The van der Waals surface area contributed by atoms with Crippen molar-refractivity contribution in [2.75, 3.05) is 13.1 Å². The second kappa shape index (κ2) is 5.52. The Hall–Kier alpha value is -1.66. The van der Waals surface area contributed by atoms with Gasteiger partial charge in [-0.05, 0) is 31.9 Å². The third-order valence-corrected chi connectivity index (χ3v) is 5.51. The van der Waals surface area contributed by atoms with E-state index in [4.69, 9.17) is 9.15 Å². The molecule has 2 aromatic rings. The van der Waals surface area contributed by atoms with Crippen molar-refractivity contribution in [1.29, 1.82) is 0 Å². The van der Waals surface area contributed by atoms with Crippen molar-refractivity contribution in [3.63, 3.8) is 0 Å². The van der Waals surface area contributed by atoms with Gasteiger partial charge < -0.3 is 14.1 Å². The second-order valence-electron chi connectivity index (χ2n) is 6.00. The van der Waals surface area contributed by atoms with Gasteiger partial charge in [-0.3, -0.25) is 4.79 Å². The Morgan fingerprint density at radius 3 is 3.14 bits per heavy atom. The number of carbonyl (C=O) groups excluding carboxylic acids is 1. The highest BCUT2D eigenvalue weighted by Crippen LogP contribution is 2.41. The smallest absolute Gasteiger partial charge is 0.289 e. The molecule has 2 fully saturated rings. The molecule has 1 amide bonds. The highest BCUT2D eigenvalue weighted by molar-refractivity contribution is 7.09. The van der Waals surface area contributed by atoms with Crippen LogP contribution < -0.4 is 0 Å². The Bertz CT molecular complexity index is 667. The van der Waals surface area contributed by atoms with Gasteiger partial charge in [0, 0.05) is 30.1 Å². The number of furan rings is 1. The van der Waals surface area contributed by atoms with Crippen LogP contribution in [0.3, 0.4) is 0 Å². The molecule has 2 aliphatic heterocycles. The Kier molecular flexibility index (Phi) is 3.50. The summed E-state index contributed by atoms with van der Waals surface area (Å²) in [6.45, 7) is 3.47. The number of hydrogen-bond acceptors (Lipinski definition) is 5. The number of aryl methyl sites for hydroxylation is 1. The molecule has 2 aliphatic rings. The van der Waals surface area contributed by atoms with Crippen molar-refractivity contribution in [2.24, 2.45) is 5.92 Å². The average Bonchev–Trinajstić information content (AvgIpc) is 3.25. The number of likely N-dealkylation sites (tertiary alicyclic amines) is 1. The highest BCUT2D eigenvalue weighted by atomic mass is 32.1. The first kappa shape index (κ1) is 14.0. The number of thiazole rings is 1. The second-order valence-corrected chi connectivity index (χ2v) is 6.89. The normalized spacial score (nSPS) is 27.9. The SMILES string of the molecule is Cc1csc([C@H]2C[C@H]3CN(C(=O)c4ccco4)CC[C@@H]3O2)n1. The van der Waals surface area contributed by atoms with E-state index < -0.39 is 0 Å². The van der Waals surface area contributed by atoms with Crippen LogP contribution in [0.2, 0.25) is 0 Å². The van der Waals surface area contributed by atoms with Gasteiger partial charge in [0.25, 0.3) is 5.91 Å². The van der Waals surface area contributed by atoms with Crippen molar-refractivity contribution in [3.8, 4) is 0 Å². The lowest BCUT2D eigenvalue weighted by atomic mass is 9.93. The molecule has 0 aromatic carbocycles. The quantitative estimate of drug-likeness (QED) is 0.854. The summed E-state index contributed by atoms with van der Waals surface area (Å²) >= 11 is 1.67. The van der Waals surface area contributed by atoms with Crippen LogP contribution in [0.1, 0.15) is 40.2 Å². The fraction of sp³-hybridized carbons (Fsp3) is 0.500. The first-order valence-corrected chi connectivity index (χ1v) is 8.49. The summed E-state index contributed by atoms with van der Waals surface area (Å²) in [5.41, 5.74) is 1.05. The Morgan fingerprint density at radius 2 is 2.41 bits per heavy atom. The highest BCUT2D eigenvalue weighted by Gasteiger charge is 2.41. The molecule has 0 N–H and O–H groups in total. The van der Waals surface area contributed by atoms with Gasteiger partial charge in [0.1, 0.15) is 11.1 Å². The van der Waals surface area contributed by atoms with Crippen molar-refractivity contribution < 1.29 is 13.9 Å². The summed E-state index contributed by atoms with van der Waals surface area (Å²) in [6, 6.07) is 3.47. The van der Waals surface area contributed by atoms with Gasteiger partial charge >= 0.3 is 0 Å². The van der Waals surface area contributed by atoms with E-state index in [-0.39, 0.29) is 18.1 Å². The van der Waals surface area contributed by atoms with Gasteiger partial charge in [-0.15, -0.1) is 11.3 Å². The van der Waals surface area contributed by atoms with Gasteiger partial charge in [-0.25, -0.2) is 4.98 Å². The topological polar surface area (TPSA) is 55.6 Å². The molecule has 3 atom stereocenters. The number of nitrogens with zero attached hydrogens (tertiary/aromatic N) is 2. The van der Waals surface area contributed by atoms with E-state index in [0.29, 0.717) is 11.7 Å². The first-order valence-electron chi connectivity index (χ1n) is 7.61. The van der Waals surface area contributed by atoms with Crippen LogP contribution in [-0.2, 0) is 4.74 Å². The Labute approximate surface area is 132 Å². The molecular weight excluding hydrogens is 300 g/mol. The van der Waals surface area contributed by atoms with Gasteiger partial charge in [-0.1, -0.05) is 0 Å². The molecule has 6 heteroatoms. The van der Waals surface area contributed by atoms with Crippen molar-refractivity contribution in [1.82, 2.24) is 9.88 Å². The molecule has 4 rings (SSSR count). The minimum atomic E-state index is -0.0167. The van der Waals surface area contributed by atoms with Crippen molar-refractivity contribution in [2.45, 2.75) is 32.0 Å². The number of piperidine rings is 1. The van der Waals surface area contributed by atoms with Crippen LogP contribution in [0, 0.1) is 12.8 Å². The molecule has 0 radical (unpaired) electrons.